The van der Waals surface area contributed by atoms with E-state index in [2.05, 4.69) is 62.1 Å². The summed E-state index contributed by atoms with van der Waals surface area (Å²) in [7, 11) is 0. The molecule has 1 aromatic carbocycles. The number of aliphatic imine (C=N–C) groups is 1. The highest BCUT2D eigenvalue weighted by Gasteiger charge is 2.24. The van der Waals surface area contributed by atoms with Crippen molar-refractivity contribution >= 4 is 22.3 Å². The van der Waals surface area contributed by atoms with Crippen LogP contribution in [0.25, 0.3) is 16.5 Å². The normalized spacial score (nSPS) is 24.5. The molecule has 3 aliphatic rings. The molecule has 0 saturated carbocycles. The third-order valence-corrected chi connectivity index (χ3v) is 7.49. The average molecular weight is 429 g/mol. The molecule has 0 amide bonds. The second kappa shape index (κ2) is 8.67. The molecule has 2 aromatic rings. The highest BCUT2D eigenvalue weighted by molar-refractivity contribution is 6.00. The number of allylic oxidation sites excluding steroid dienone is 6. The number of nitrogens with zero attached hydrogens (tertiary/aromatic N) is 2. The molecule has 2 aliphatic heterocycles. The summed E-state index contributed by atoms with van der Waals surface area (Å²) in [5.41, 5.74) is 5.43. The standard InChI is InChI=1S/C28H32N2O2/c1-4-30-13-11-20(12-14-30)23-7-8-24-16-25(28(31)32-27(24)17-23)21-5-6-22-15-18(2)29-26(10-9-21)19(22)3/h5,7-10,15-17,19-20,22H,4,6,11-14H2,1-3H3. The molecular formula is C28H32N2O2. The van der Waals surface area contributed by atoms with Crippen molar-refractivity contribution in [2.75, 3.05) is 19.6 Å². The number of piperidine rings is 1. The molecule has 3 heterocycles. The summed E-state index contributed by atoms with van der Waals surface area (Å²) in [6, 6.07) is 8.41. The smallest absolute Gasteiger partial charge is 0.344 e. The number of benzene rings is 1. The Morgan fingerprint density at radius 1 is 1.16 bits per heavy atom. The van der Waals surface area contributed by atoms with Crippen LogP contribution in [0.1, 0.15) is 57.1 Å². The number of fused-ring (bicyclic) bond motifs is 3. The maximum atomic E-state index is 13.0. The van der Waals surface area contributed by atoms with Crippen LogP contribution in [-0.4, -0.2) is 30.2 Å². The predicted molar refractivity (Wildman–Crippen MR) is 132 cm³/mol. The fourth-order valence-electron chi connectivity index (χ4n) is 5.35. The first-order valence-corrected chi connectivity index (χ1v) is 12.0. The zero-order valence-corrected chi connectivity index (χ0v) is 19.3. The Labute approximate surface area is 190 Å². The Kier molecular flexibility index (Phi) is 5.73. The van der Waals surface area contributed by atoms with Crippen molar-refractivity contribution in [2.45, 2.75) is 46.0 Å². The third-order valence-electron chi connectivity index (χ3n) is 7.49. The molecule has 0 radical (unpaired) electrons. The van der Waals surface area contributed by atoms with E-state index in [4.69, 9.17) is 9.41 Å². The van der Waals surface area contributed by atoms with E-state index >= 15 is 0 Å². The first-order valence-electron chi connectivity index (χ1n) is 12.0. The fourth-order valence-corrected chi connectivity index (χ4v) is 5.35. The van der Waals surface area contributed by atoms with Crippen molar-refractivity contribution in [3.05, 3.63) is 75.8 Å². The van der Waals surface area contributed by atoms with Crippen molar-refractivity contribution in [3.63, 3.8) is 0 Å². The van der Waals surface area contributed by atoms with Gasteiger partial charge in [0, 0.05) is 22.7 Å². The molecule has 4 heteroatoms. The van der Waals surface area contributed by atoms with E-state index in [1.54, 1.807) is 0 Å². The van der Waals surface area contributed by atoms with Gasteiger partial charge in [0.15, 0.2) is 0 Å². The average Bonchev–Trinajstić information content (AvgIpc) is 2.80. The minimum atomic E-state index is -0.265. The first-order chi connectivity index (χ1) is 15.5. The van der Waals surface area contributed by atoms with Gasteiger partial charge in [0.2, 0.25) is 0 Å². The summed E-state index contributed by atoms with van der Waals surface area (Å²) in [4.78, 5) is 20.2. The minimum Gasteiger partial charge on any atom is -0.422 e. The van der Waals surface area contributed by atoms with Crippen LogP contribution < -0.4 is 5.63 Å². The summed E-state index contributed by atoms with van der Waals surface area (Å²) in [6.45, 7) is 9.91. The van der Waals surface area contributed by atoms with Crippen LogP contribution in [0.15, 0.2) is 68.5 Å². The van der Waals surface area contributed by atoms with Crippen molar-refractivity contribution < 1.29 is 4.42 Å². The molecule has 1 aliphatic carbocycles. The molecule has 32 heavy (non-hydrogen) atoms. The highest BCUT2D eigenvalue weighted by Crippen LogP contribution is 2.33. The molecule has 166 valence electrons. The molecule has 0 N–H and O–H groups in total. The van der Waals surface area contributed by atoms with Crippen molar-refractivity contribution in [1.82, 2.24) is 4.90 Å². The van der Waals surface area contributed by atoms with Gasteiger partial charge in [-0.3, -0.25) is 4.99 Å². The quantitative estimate of drug-likeness (QED) is 0.568. The van der Waals surface area contributed by atoms with E-state index in [0.717, 1.165) is 61.3 Å². The Morgan fingerprint density at radius 3 is 2.75 bits per heavy atom. The van der Waals surface area contributed by atoms with Gasteiger partial charge >= 0.3 is 5.63 Å². The predicted octanol–water partition coefficient (Wildman–Crippen LogP) is 5.95. The Hall–Kier alpha value is -2.72. The number of rotatable bonds is 3. The molecule has 1 aromatic heterocycles. The molecule has 4 nitrogen and oxygen atoms in total. The lowest BCUT2D eigenvalue weighted by molar-refractivity contribution is 0.222. The van der Waals surface area contributed by atoms with E-state index in [1.165, 1.54) is 5.56 Å². The molecule has 2 bridgehead atoms. The Bertz CT molecular complexity index is 1210. The van der Waals surface area contributed by atoms with Crippen molar-refractivity contribution in [1.29, 1.82) is 0 Å². The first kappa shape index (κ1) is 21.1. The van der Waals surface area contributed by atoms with Gasteiger partial charge in [-0.1, -0.05) is 44.2 Å². The number of likely N-dealkylation sites (tertiary alicyclic amines) is 1. The minimum absolute atomic E-state index is 0.265. The van der Waals surface area contributed by atoms with Gasteiger partial charge in [-0.25, -0.2) is 4.79 Å². The van der Waals surface area contributed by atoms with Crippen LogP contribution in [0, 0.1) is 11.8 Å². The van der Waals surface area contributed by atoms with Crippen LogP contribution >= 0.6 is 0 Å². The number of hydrogen-bond donors (Lipinski definition) is 0. The maximum absolute atomic E-state index is 13.0. The third kappa shape index (κ3) is 4.04. The lowest BCUT2D eigenvalue weighted by Gasteiger charge is -2.31. The van der Waals surface area contributed by atoms with Crippen LogP contribution in [0.2, 0.25) is 0 Å². The van der Waals surface area contributed by atoms with Gasteiger partial charge in [0.05, 0.1) is 5.56 Å². The van der Waals surface area contributed by atoms with E-state index < -0.39 is 0 Å². The van der Waals surface area contributed by atoms with Gasteiger partial charge in [-0.05, 0) is 87.0 Å². The molecule has 2 unspecified atom stereocenters. The maximum Gasteiger partial charge on any atom is 0.344 e. The second-order valence-corrected chi connectivity index (χ2v) is 9.48. The summed E-state index contributed by atoms with van der Waals surface area (Å²) in [6.07, 6.45) is 11.7. The fraction of sp³-hybridized carbons (Fsp3) is 0.429. The lowest BCUT2D eigenvalue weighted by atomic mass is 9.82. The van der Waals surface area contributed by atoms with E-state index in [0.29, 0.717) is 28.9 Å². The van der Waals surface area contributed by atoms with Crippen LogP contribution in [0.5, 0.6) is 0 Å². The lowest BCUT2D eigenvalue weighted by Crippen LogP contribution is -2.32. The zero-order chi connectivity index (χ0) is 22.2. The van der Waals surface area contributed by atoms with Crippen LogP contribution in [0.4, 0.5) is 0 Å². The summed E-state index contributed by atoms with van der Waals surface area (Å²) >= 11 is 0. The molecule has 1 fully saturated rings. The molecule has 5 rings (SSSR count). The SMILES string of the molecule is CCN1CCC(c2ccc3cc(C4=CCC5C=C(C)N=C(C=C4)C5C)c(=O)oc3c2)CC1. The zero-order valence-electron chi connectivity index (χ0n) is 19.3. The Morgan fingerprint density at radius 2 is 1.97 bits per heavy atom. The largest absolute Gasteiger partial charge is 0.422 e. The summed E-state index contributed by atoms with van der Waals surface area (Å²) in [5.74, 6) is 1.35. The molecule has 0 spiro atoms. The van der Waals surface area contributed by atoms with Gasteiger partial charge < -0.3 is 9.32 Å². The van der Waals surface area contributed by atoms with Crippen molar-refractivity contribution in [3.8, 4) is 0 Å². The topological polar surface area (TPSA) is 45.8 Å². The van der Waals surface area contributed by atoms with E-state index in [-0.39, 0.29) is 5.63 Å². The highest BCUT2D eigenvalue weighted by atomic mass is 16.4. The van der Waals surface area contributed by atoms with Gasteiger partial charge in [0.1, 0.15) is 5.58 Å². The molecular weight excluding hydrogens is 396 g/mol. The molecule has 1 saturated heterocycles. The Balaban J connectivity index is 1.45. The van der Waals surface area contributed by atoms with Gasteiger partial charge in [-0.2, -0.15) is 0 Å². The number of hydrogen-bond acceptors (Lipinski definition) is 4. The summed E-state index contributed by atoms with van der Waals surface area (Å²) in [5, 5.41) is 0.979. The van der Waals surface area contributed by atoms with Crippen molar-refractivity contribution in [2.24, 2.45) is 16.8 Å². The second-order valence-electron chi connectivity index (χ2n) is 9.48. The summed E-state index contributed by atoms with van der Waals surface area (Å²) < 4.78 is 5.84. The van der Waals surface area contributed by atoms with Gasteiger partial charge in [0.25, 0.3) is 0 Å². The van der Waals surface area contributed by atoms with E-state index in [9.17, 15) is 4.79 Å². The van der Waals surface area contributed by atoms with Gasteiger partial charge in [-0.15, -0.1) is 0 Å². The molecule has 2 atom stereocenters. The monoisotopic (exact) mass is 428 g/mol. The van der Waals surface area contributed by atoms with Crippen LogP contribution in [0.3, 0.4) is 0 Å². The van der Waals surface area contributed by atoms with Crippen LogP contribution in [-0.2, 0) is 0 Å². The van der Waals surface area contributed by atoms with E-state index in [1.807, 2.05) is 12.1 Å².